The van der Waals surface area contributed by atoms with Crippen LogP contribution in [0.25, 0.3) is 0 Å². The van der Waals surface area contributed by atoms with E-state index in [0.717, 1.165) is 41.1 Å². The summed E-state index contributed by atoms with van der Waals surface area (Å²) in [5, 5.41) is 7.30. The summed E-state index contributed by atoms with van der Waals surface area (Å²) in [5.74, 6) is 0.392. The molecule has 0 fully saturated rings. The molecule has 2 aliphatic rings. The second kappa shape index (κ2) is 8.78. The van der Waals surface area contributed by atoms with Crippen LogP contribution in [0.3, 0.4) is 0 Å². The van der Waals surface area contributed by atoms with E-state index in [9.17, 15) is 4.79 Å². The number of allylic oxidation sites excluding steroid dienone is 1. The molecule has 2 N–H and O–H groups in total. The maximum Gasteiger partial charge on any atom is 0.163 e. The fourth-order valence-electron chi connectivity index (χ4n) is 4.97. The number of hydrogen-bond acceptors (Lipinski definition) is 4. The van der Waals surface area contributed by atoms with E-state index in [2.05, 4.69) is 83.1 Å². The standard InChI is InChI=1S/C29H31N3O/c1-4-19-9-11-21(12-10-19)29-28-26(30-24-7-5-6-8-25(24)31-29)17-22(18-27(28)33)20-13-15-23(16-14-20)32(2)3/h5-16,22,29-31H,4,17-18H2,1-3H3. The Hall–Kier alpha value is -3.53. The summed E-state index contributed by atoms with van der Waals surface area (Å²) in [5.41, 5.74) is 8.77. The molecule has 1 aliphatic carbocycles. The van der Waals surface area contributed by atoms with Crippen molar-refractivity contribution in [2.45, 2.75) is 38.1 Å². The third-order valence-electron chi connectivity index (χ3n) is 6.91. The number of nitrogens with zero attached hydrogens (tertiary/aromatic N) is 1. The van der Waals surface area contributed by atoms with Crippen LogP contribution in [-0.4, -0.2) is 19.9 Å². The van der Waals surface area contributed by atoms with E-state index in [1.54, 1.807) is 0 Å². The number of para-hydroxylation sites is 2. The van der Waals surface area contributed by atoms with E-state index in [-0.39, 0.29) is 17.7 Å². The maximum atomic E-state index is 13.7. The summed E-state index contributed by atoms with van der Waals surface area (Å²) in [6.45, 7) is 2.16. The number of ketones is 1. The zero-order valence-electron chi connectivity index (χ0n) is 19.6. The van der Waals surface area contributed by atoms with E-state index >= 15 is 0 Å². The summed E-state index contributed by atoms with van der Waals surface area (Å²) >= 11 is 0. The first kappa shape index (κ1) is 21.3. The number of anilines is 3. The summed E-state index contributed by atoms with van der Waals surface area (Å²) in [6, 6.07) is 25.3. The van der Waals surface area contributed by atoms with Gasteiger partial charge in [0.05, 0.1) is 17.4 Å². The molecule has 168 valence electrons. The topological polar surface area (TPSA) is 44.4 Å². The quantitative estimate of drug-likeness (QED) is 0.503. The Labute approximate surface area is 196 Å². The van der Waals surface area contributed by atoms with Crippen molar-refractivity contribution in [2.24, 2.45) is 0 Å². The average molecular weight is 438 g/mol. The maximum absolute atomic E-state index is 13.7. The van der Waals surface area contributed by atoms with E-state index in [4.69, 9.17) is 0 Å². The highest BCUT2D eigenvalue weighted by Crippen LogP contribution is 2.44. The van der Waals surface area contributed by atoms with Crippen LogP contribution < -0.4 is 15.5 Å². The Morgan fingerprint density at radius 3 is 2.18 bits per heavy atom. The minimum absolute atomic E-state index is 0.161. The number of fused-ring (bicyclic) bond motifs is 1. The molecule has 0 spiro atoms. The van der Waals surface area contributed by atoms with E-state index in [1.165, 1.54) is 16.8 Å². The molecular weight excluding hydrogens is 406 g/mol. The second-order valence-corrected chi connectivity index (χ2v) is 9.25. The summed E-state index contributed by atoms with van der Waals surface area (Å²) in [6.07, 6.45) is 2.36. The molecule has 3 aromatic rings. The van der Waals surface area contributed by atoms with Gasteiger partial charge in [-0.05, 0) is 59.7 Å². The third-order valence-corrected chi connectivity index (χ3v) is 6.91. The predicted octanol–water partition coefficient (Wildman–Crippen LogP) is 6.29. The first-order chi connectivity index (χ1) is 16.0. The van der Waals surface area contributed by atoms with Gasteiger partial charge in [-0.2, -0.15) is 0 Å². The molecule has 33 heavy (non-hydrogen) atoms. The zero-order valence-corrected chi connectivity index (χ0v) is 19.6. The number of carbonyl (C=O) groups excluding carboxylic acids is 1. The lowest BCUT2D eigenvalue weighted by Gasteiger charge is -2.30. The minimum atomic E-state index is -0.161. The van der Waals surface area contributed by atoms with Gasteiger partial charge in [0.1, 0.15) is 0 Å². The van der Waals surface area contributed by atoms with Gasteiger partial charge >= 0.3 is 0 Å². The van der Waals surface area contributed by atoms with Crippen molar-refractivity contribution < 1.29 is 4.79 Å². The molecule has 2 atom stereocenters. The molecule has 0 aromatic heterocycles. The van der Waals surface area contributed by atoms with Gasteiger partial charge in [-0.15, -0.1) is 0 Å². The van der Waals surface area contributed by atoms with Crippen LogP contribution in [0.4, 0.5) is 17.1 Å². The van der Waals surface area contributed by atoms with Crippen LogP contribution >= 0.6 is 0 Å². The van der Waals surface area contributed by atoms with Crippen LogP contribution in [-0.2, 0) is 11.2 Å². The minimum Gasteiger partial charge on any atom is -0.378 e. The molecule has 5 rings (SSSR count). The van der Waals surface area contributed by atoms with Crippen molar-refractivity contribution in [1.82, 2.24) is 0 Å². The van der Waals surface area contributed by atoms with Gasteiger partial charge in [0.15, 0.2) is 5.78 Å². The molecule has 4 nitrogen and oxygen atoms in total. The lowest BCUT2D eigenvalue weighted by atomic mass is 9.78. The Morgan fingerprint density at radius 1 is 0.848 bits per heavy atom. The largest absolute Gasteiger partial charge is 0.378 e. The molecule has 0 amide bonds. The fraction of sp³-hybridized carbons (Fsp3) is 0.276. The van der Waals surface area contributed by atoms with Crippen LogP contribution in [0.15, 0.2) is 84.1 Å². The summed E-state index contributed by atoms with van der Waals surface area (Å²) < 4.78 is 0. The van der Waals surface area contributed by atoms with Crippen molar-refractivity contribution in [3.05, 3.63) is 101 Å². The molecule has 3 aromatic carbocycles. The Morgan fingerprint density at radius 2 is 1.52 bits per heavy atom. The van der Waals surface area contributed by atoms with Gasteiger partial charge in [-0.1, -0.05) is 55.5 Å². The number of carbonyl (C=O) groups is 1. The highest BCUT2D eigenvalue weighted by molar-refractivity contribution is 6.01. The SMILES string of the molecule is CCc1ccc(C2Nc3ccccc3NC3=C2C(=O)CC(c2ccc(N(C)C)cc2)C3)cc1. The highest BCUT2D eigenvalue weighted by atomic mass is 16.1. The third kappa shape index (κ3) is 4.13. The van der Waals surface area contributed by atoms with Gasteiger partial charge in [-0.3, -0.25) is 4.79 Å². The number of Topliss-reactive ketones (excluding diaryl/α,β-unsaturated/α-hetero) is 1. The smallest absolute Gasteiger partial charge is 0.163 e. The van der Waals surface area contributed by atoms with Crippen LogP contribution in [0, 0.1) is 0 Å². The van der Waals surface area contributed by atoms with E-state index < -0.39 is 0 Å². The van der Waals surface area contributed by atoms with Gasteiger partial charge in [0, 0.05) is 37.5 Å². The predicted molar refractivity (Wildman–Crippen MR) is 137 cm³/mol. The van der Waals surface area contributed by atoms with Crippen LogP contribution in [0.5, 0.6) is 0 Å². The molecule has 1 aliphatic heterocycles. The van der Waals surface area contributed by atoms with Crippen molar-refractivity contribution in [1.29, 1.82) is 0 Å². The number of hydrogen-bond donors (Lipinski definition) is 2. The average Bonchev–Trinajstić information content (AvgIpc) is 3.01. The van der Waals surface area contributed by atoms with Gasteiger partial charge in [0.2, 0.25) is 0 Å². The van der Waals surface area contributed by atoms with Gasteiger partial charge in [0.25, 0.3) is 0 Å². The molecule has 4 heteroatoms. The molecule has 0 saturated heterocycles. The Bertz CT molecular complexity index is 1190. The number of benzene rings is 3. The lowest BCUT2D eigenvalue weighted by molar-refractivity contribution is -0.116. The summed E-state index contributed by atoms with van der Waals surface area (Å²) in [7, 11) is 4.09. The Kier molecular flexibility index (Phi) is 5.67. The van der Waals surface area contributed by atoms with Crippen molar-refractivity contribution in [3.63, 3.8) is 0 Å². The lowest BCUT2D eigenvalue weighted by Crippen LogP contribution is -2.26. The molecule has 2 unspecified atom stereocenters. The Balaban J connectivity index is 1.54. The van der Waals surface area contributed by atoms with Crippen molar-refractivity contribution in [2.75, 3.05) is 29.6 Å². The molecule has 0 saturated carbocycles. The second-order valence-electron chi connectivity index (χ2n) is 9.25. The molecule has 0 radical (unpaired) electrons. The number of rotatable bonds is 4. The van der Waals surface area contributed by atoms with Crippen molar-refractivity contribution >= 4 is 22.8 Å². The normalized spacial score (nSPS) is 19.7. The first-order valence-electron chi connectivity index (χ1n) is 11.8. The first-order valence-corrected chi connectivity index (χ1v) is 11.8. The molecule has 1 heterocycles. The van der Waals surface area contributed by atoms with Gasteiger partial charge < -0.3 is 15.5 Å². The highest BCUT2D eigenvalue weighted by Gasteiger charge is 2.36. The van der Waals surface area contributed by atoms with Crippen molar-refractivity contribution in [3.8, 4) is 0 Å². The summed E-state index contributed by atoms with van der Waals surface area (Å²) in [4.78, 5) is 15.7. The monoisotopic (exact) mass is 437 g/mol. The number of aryl methyl sites for hydroxylation is 1. The fourth-order valence-corrected chi connectivity index (χ4v) is 4.97. The van der Waals surface area contributed by atoms with Gasteiger partial charge in [-0.25, -0.2) is 0 Å². The molecule has 0 bridgehead atoms. The van der Waals surface area contributed by atoms with Crippen LogP contribution in [0.1, 0.15) is 48.4 Å². The van der Waals surface area contributed by atoms with E-state index in [1.807, 2.05) is 26.2 Å². The number of nitrogens with one attached hydrogen (secondary N) is 2. The zero-order chi connectivity index (χ0) is 22.9. The molecular formula is C29H31N3O. The van der Waals surface area contributed by atoms with Crippen LogP contribution in [0.2, 0.25) is 0 Å². The van der Waals surface area contributed by atoms with E-state index in [0.29, 0.717) is 6.42 Å².